The van der Waals surface area contributed by atoms with E-state index in [1.54, 1.807) is 36.9 Å². The van der Waals surface area contributed by atoms with Gasteiger partial charge in [-0.1, -0.05) is 13.8 Å². The molecule has 1 aliphatic rings. The van der Waals surface area contributed by atoms with Crippen LogP contribution < -0.4 is 9.64 Å². The number of benzene rings is 1. The number of hydrogen-bond donors (Lipinski definition) is 0. The molecular formula is C17H23NO3. The van der Waals surface area contributed by atoms with Crippen molar-refractivity contribution in [3.63, 3.8) is 0 Å². The van der Waals surface area contributed by atoms with Crippen molar-refractivity contribution in [2.45, 2.75) is 52.6 Å². The van der Waals surface area contributed by atoms with Gasteiger partial charge in [-0.2, -0.15) is 0 Å². The van der Waals surface area contributed by atoms with Crippen LogP contribution in [0.5, 0.6) is 5.75 Å². The van der Waals surface area contributed by atoms with Gasteiger partial charge in [-0.25, -0.2) is 0 Å². The molecule has 21 heavy (non-hydrogen) atoms. The SMILES string of the molecule is CCCC(=O)c1ccc2c(c1)N(CCC)C(=O)C(C)(C)O2. The van der Waals surface area contributed by atoms with Crippen molar-refractivity contribution < 1.29 is 14.3 Å². The number of carbonyl (C=O) groups excluding carboxylic acids is 2. The topological polar surface area (TPSA) is 46.6 Å². The van der Waals surface area contributed by atoms with E-state index >= 15 is 0 Å². The van der Waals surface area contributed by atoms with E-state index < -0.39 is 5.60 Å². The van der Waals surface area contributed by atoms with Crippen LogP contribution in [0.15, 0.2) is 18.2 Å². The van der Waals surface area contributed by atoms with E-state index in [-0.39, 0.29) is 11.7 Å². The average Bonchev–Trinajstić information content (AvgIpc) is 2.43. The molecule has 0 N–H and O–H groups in total. The smallest absolute Gasteiger partial charge is 0.270 e. The van der Waals surface area contributed by atoms with Crippen LogP contribution in [-0.2, 0) is 4.79 Å². The highest BCUT2D eigenvalue weighted by atomic mass is 16.5. The Bertz CT molecular complexity index is 563. The Labute approximate surface area is 126 Å². The molecule has 1 amide bonds. The first-order valence-corrected chi connectivity index (χ1v) is 7.59. The van der Waals surface area contributed by atoms with Crippen molar-refractivity contribution in [3.05, 3.63) is 23.8 Å². The first-order valence-electron chi connectivity index (χ1n) is 7.59. The molecule has 0 aromatic heterocycles. The van der Waals surface area contributed by atoms with E-state index in [2.05, 4.69) is 0 Å². The summed E-state index contributed by atoms with van der Waals surface area (Å²) in [5.41, 5.74) is 0.493. The lowest BCUT2D eigenvalue weighted by molar-refractivity contribution is -0.132. The maximum Gasteiger partial charge on any atom is 0.270 e. The Morgan fingerprint density at radius 2 is 1.95 bits per heavy atom. The van der Waals surface area contributed by atoms with Crippen molar-refractivity contribution in [2.24, 2.45) is 0 Å². The number of amides is 1. The summed E-state index contributed by atoms with van der Waals surface area (Å²) in [4.78, 5) is 26.3. The Kier molecular flexibility index (Phi) is 4.35. The van der Waals surface area contributed by atoms with Crippen LogP contribution in [0.1, 0.15) is 57.3 Å². The maximum absolute atomic E-state index is 12.5. The van der Waals surface area contributed by atoms with E-state index in [0.29, 0.717) is 30.0 Å². The molecule has 114 valence electrons. The van der Waals surface area contributed by atoms with E-state index in [4.69, 9.17) is 4.74 Å². The van der Waals surface area contributed by atoms with Crippen LogP contribution in [-0.4, -0.2) is 23.8 Å². The highest BCUT2D eigenvalue weighted by molar-refractivity contribution is 6.04. The second-order valence-electron chi connectivity index (χ2n) is 5.92. The number of hydrogen-bond acceptors (Lipinski definition) is 3. The minimum Gasteiger partial charge on any atom is -0.476 e. The van der Waals surface area contributed by atoms with Gasteiger partial charge in [0, 0.05) is 18.5 Å². The summed E-state index contributed by atoms with van der Waals surface area (Å²) in [7, 11) is 0. The molecule has 0 spiro atoms. The van der Waals surface area contributed by atoms with Gasteiger partial charge < -0.3 is 9.64 Å². The standard InChI is InChI=1S/C17H23NO3/c1-5-7-14(19)12-8-9-15-13(11-12)18(10-6-2)16(20)17(3,4)21-15/h8-9,11H,5-7,10H2,1-4H3. The van der Waals surface area contributed by atoms with Gasteiger partial charge in [0.1, 0.15) is 5.75 Å². The fourth-order valence-corrected chi connectivity index (χ4v) is 2.56. The zero-order valence-electron chi connectivity index (χ0n) is 13.2. The number of Topliss-reactive ketones (excluding diaryl/α,β-unsaturated/α-hetero) is 1. The van der Waals surface area contributed by atoms with Gasteiger partial charge in [0.25, 0.3) is 5.91 Å². The number of rotatable bonds is 5. The quantitative estimate of drug-likeness (QED) is 0.778. The highest BCUT2D eigenvalue weighted by Gasteiger charge is 2.40. The van der Waals surface area contributed by atoms with Gasteiger partial charge in [0.15, 0.2) is 11.4 Å². The molecule has 0 aliphatic carbocycles. The molecule has 0 atom stereocenters. The summed E-state index contributed by atoms with van der Waals surface area (Å²) < 4.78 is 5.80. The summed E-state index contributed by atoms with van der Waals surface area (Å²) in [6.45, 7) is 8.19. The van der Waals surface area contributed by atoms with Crippen LogP contribution in [0.3, 0.4) is 0 Å². The molecule has 1 aromatic carbocycles. The molecule has 4 heteroatoms. The zero-order chi connectivity index (χ0) is 15.6. The lowest BCUT2D eigenvalue weighted by Crippen LogP contribution is -2.52. The minimum atomic E-state index is -0.864. The molecule has 2 rings (SSSR count). The largest absolute Gasteiger partial charge is 0.476 e. The number of carbonyl (C=O) groups is 2. The van der Waals surface area contributed by atoms with Crippen molar-refractivity contribution in [1.82, 2.24) is 0 Å². The second-order valence-corrected chi connectivity index (χ2v) is 5.92. The maximum atomic E-state index is 12.5. The second kappa shape index (κ2) is 5.88. The van der Waals surface area contributed by atoms with Crippen LogP contribution in [0.2, 0.25) is 0 Å². The fraction of sp³-hybridized carbons (Fsp3) is 0.529. The van der Waals surface area contributed by atoms with Crippen molar-refractivity contribution in [1.29, 1.82) is 0 Å². The normalized spacial score (nSPS) is 16.4. The highest BCUT2D eigenvalue weighted by Crippen LogP contribution is 2.38. The fourth-order valence-electron chi connectivity index (χ4n) is 2.56. The molecule has 0 fully saturated rings. The van der Waals surface area contributed by atoms with E-state index in [1.807, 2.05) is 13.8 Å². The predicted octanol–water partition coefficient (Wildman–Crippen LogP) is 3.58. The molecule has 0 unspecified atom stereocenters. The summed E-state index contributed by atoms with van der Waals surface area (Å²) in [6, 6.07) is 5.37. The molecule has 4 nitrogen and oxygen atoms in total. The van der Waals surface area contributed by atoms with Crippen LogP contribution in [0.25, 0.3) is 0 Å². The Morgan fingerprint density at radius 3 is 2.57 bits per heavy atom. The number of nitrogens with zero attached hydrogens (tertiary/aromatic N) is 1. The molecule has 0 saturated heterocycles. The van der Waals surface area contributed by atoms with Gasteiger partial charge >= 0.3 is 0 Å². The third-order valence-electron chi connectivity index (χ3n) is 3.62. The lowest BCUT2D eigenvalue weighted by Gasteiger charge is -2.38. The average molecular weight is 289 g/mol. The van der Waals surface area contributed by atoms with Gasteiger partial charge in [-0.15, -0.1) is 0 Å². The zero-order valence-corrected chi connectivity index (χ0v) is 13.2. The Balaban J connectivity index is 2.45. The Morgan fingerprint density at radius 1 is 1.24 bits per heavy atom. The van der Waals surface area contributed by atoms with Crippen molar-refractivity contribution in [3.8, 4) is 5.75 Å². The number of anilines is 1. The third-order valence-corrected chi connectivity index (χ3v) is 3.62. The van der Waals surface area contributed by atoms with Gasteiger partial charge in [0.2, 0.25) is 0 Å². The van der Waals surface area contributed by atoms with Crippen LogP contribution in [0, 0.1) is 0 Å². The molecule has 0 saturated carbocycles. The monoisotopic (exact) mass is 289 g/mol. The van der Waals surface area contributed by atoms with E-state index in [0.717, 1.165) is 12.8 Å². The van der Waals surface area contributed by atoms with E-state index in [9.17, 15) is 9.59 Å². The number of ether oxygens (including phenoxy) is 1. The summed E-state index contributed by atoms with van der Waals surface area (Å²) in [5.74, 6) is 0.715. The Hall–Kier alpha value is -1.84. The van der Waals surface area contributed by atoms with Gasteiger partial charge in [0.05, 0.1) is 5.69 Å². The molecule has 1 heterocycles. The summed E-state index contributed by atoms with van der Waals surface area (Å²) in [6.07, 6.45) is 2.19. The van der Waals surface area contributed by atoms with Crippen LogP contribution in [0.4, 0.5) is 5.69 Å². The van der Waals surface area contributed by atoms with Crippen molar-refractivity contribution >= 4 is 17.4 Å². The molecule has 0 bridgehead atoms. The lowest BCUT2D eigenvalue weighted by atomic mass is 10.0. The first-order chi connectivity index (χ1) is 9.90. The number of fused-ring (bicyclic) bond motifs is 1. The van der Waals surface area contributed by atoms with Gasteiger partial charge in [-0.05, 0) is 44.9 Å². The number of ketones is 1. The minimum absolute atomic E-state index is 0.0584. The molecule has 1 aromatic rings. The molecule has 1 aliphatic heterocycles. The predicted molar refractivity (Wildman–Crippen MR) is 83.0 cm³/mol. The van der Waals surface area contributed by atoms with Crippen LogP contribution >= 0.6 is 0 Å². The summed E-state index contributed by atoms with van der Waals surface area (Å²) in [5, 5.41) is 0. The third kappa shape index (κ3) is 2.94. The molecular weight excluding hydrogens is 266 g/mol. The van der Waals surface area contributed by atoms with E-state index in [1.165, 1.54) is 0 Å². The first kappa shape index (κ1) is 15.5. The van der Waals surface area contributed by atoms with Gasteiger partial charge in [-0.3, -0.25) is 9.59 Å². The van der Waals surface area contributed by atoms with Crippen molar-refractivity contribution in [2.75, 3.05) is 11.4 Å². The molecule has 0 radical (unpaired) electrons. The summed E-state index contributed by atoms with van der Waals surface area (Å²) >= 11 is 0.